The number of furan rings is 1. The van der Waals surface area contributed by atoms with Crippen LogP contribution in [0.5, 0.6) is 0 Å². The Hall–Kier alpha value is -1.82. The molecule has 0 unspecified atom stereocenters. The lowest BCUT2D eigenvalue weighted by molar-refractivity contribution is -0.385. The number of hydrogen-bond acceptors (Lipinski definition) is 4. The van der Waals surface area contributed by atoms with Gasteiger partial charge in [0.1, 0.15) is 11.5 Å². The number of nitro benzene ring substituents is 1. The third-order valence-corrected chi connectivity index (χ3v) is 3.66. The zero-order valence-electron chi connectivity index (χ0n) is 11.3. The van der Waals surface area contributed by atoms with E-state index in [2.05, 4.69) is 21.2 Å². The molecule has 0 saturated heterocycles. The van der Waals surface area contributed by atoms with Crippen molar-refractivity contribution >= 4 is 27.3 Å². The Morgan fingerprint density at radius 3 is 2.65 bits per heavy atom. The molecule has 0 aliphatic carbocycles. The van der Waals surface area contributed by atoms with E-state index in [0.29, 0.717) is 17.8 Å². The molecule has 20 heavy (non-hydrogen) atoms. The largest absolute Gasteiger partial charge is 0.464 e. The molecular weight excluding hydrogens is 324 g/mol. The second-order valence-electron chi connectivity index (χ2n) is 4.45. The van der Waals surface area contributed by atoms with Crippen LogP contribution >= 0.6 is 15.9 Å². The van der Waals surface area contributed by atoms with Crippen molar-refractivity contribution in [1.82, 2.24) is 0 Å². The maximum atomic E-state index is 10.9. The predicted molar refractivity (Wildman–Crippen MR) is 80.9 cm³/mol. The molecule has 0 saturated carbocycles. The average Bonchev–Trinajstić information content (AvgIpc) is 2.85. The fourth-order valence-corrected chi connectivity index (χ4v) is 2.48. The minimum absolute atomic E-state index is 0.101. The van der Waals surface area contributed by atoms with Gasteiger partial charge in [0.15, 0.2) is 0 Å². The lowest BCUT2D eigenvalue weighted by atomic mass is 10.2. The van der Waals surface area contributed by atoms with Crippen LogP contribution in [0.4, 0.5) is 11.4 Å². The van der Waals surface area contributed by atoms with Crippen LogP contribution in [0.3, 0.4) is 0 Å². The predicted octanol–water partition coefficient (Wildman–Crippen LogP) is 4.43. The molecule has 106 valence electrons. The minimum Gasteiger partial charge on any atom is -0.464 e. The van der Waals surface area contributed by atoms with Gasteiger partial charge in [0.2, 0.25) is 0 Å². The van der Waals surface area contributed by atoms with Crippen LogP contribution in [0.25, 0.3) is 0 Å². The van der Waals surface area contributed by atoms with E-state index in [4.69, 9.17) is 4.42 Å². The number of hydrogen-bond donors (Lipinski definition) is 1. The van der Waals surface area contributed by atoms with E-state index < -0.39 is 0 Å². The highest BCUT2D eigenvalue weighted by Gasteiger charge is 2.14. The molecule has 1 heterocycles. The number of rotatable bonds is 5. The monoisotopic (exact) mass is 338 g/mol. The summed E-state index contributed by atoms with van der Waals surface area (Å²) in [5.74, 6) is 1.73. The Morgan fingerprint density at radius 2 is 2.05 bits per heavy atom. The van der Waals surface area contributed by atoms with Crippen molar-refractivity contribution in [3.8, 4) is 0 Å². The van der Waals surface area contributed by atoms with Gasteiger partial charge in [0.25, 0.3) is 5.69 Å². The first-order valence-electron chi connectivity index (χ1n) is 6.27. The molecule has 0 amide bonds. The summed E-state index contributed by atoms with van der Waals surface area (Å²) < 4.78 is 6.38. The molecule has 0 atom stereocenters. The molecule has 0 spiro atoms. The standard InChI is InChI=1S/C14H15BrN2O3/c1-3-10-4-5-11(20-10)8-16-13-7-14(17(18)19)9(2)6-12(13)15/h4-7,16H,3,8H2,1-2H3. The highest BCUT2D eigenvalue weighted by molar-refractivity contribution is 9.10. The molecule has 0 aliphatic rings. The number of nitro groups is 1. The van der Waals surface area contributed by atoms with Crippen LogP contribution in [0.1, 0.15) is 24.0 Å². The summed E-state index contributed by atoms with van der Waals surface area (Å²) in [4.78, 5) is 10.6. The number of nitrogens with one attached hydrogen (secondary N) is 1. The fraction of sp³-hybridized carbons (Fsp3) is 0.286. The van der Waals surface area contributed by atoms with Crippen molar-refractivity contribution in [3.63, 3.8) is 0 Å². The van der Waals surface area contributed by atoms with Crippen LogP contribution in [-0.4, -0.2) is 4.92 Å². The molecule has 0 fully saturated rings. The minimum atomic E-state index is -0.380. The van der Waals surface area contributed by atoms with E-state index in [1.807, 2.05) is 19.1 Å². The normalized spacial score (nSPS) is 10.6. The van der Waals surface area contributed by atoms with Crippen LogP contribution < -0.4 is 5.32 Å². The summed E-state index contributed by atoms with van der Waals surface area (Å²) in [5, 5.41) is 14.1. The molecule has 1 aromatic heterocycles. The average molecular weight is 339 g/mol. The molecule has 1 aromatic carbocycles. The van der Waals surface area contributed by atoms with Gasteiger partial charge in [0.05, 0.1) is 17.2 Å². The third-order valence-electron chi connectivity index (χ3n) is 3.00. The summed E-state index contributed by atoms with van der Waals surface area (Å²) in [6.07, 6.45) is 0.847. The highest BCUT2D eigenvalue weighted by Crippen LogP contribution is 2.31. The van der Waals surface area contributed by atoms with E-state index in [1.54, 1.807) is 13.0 Å². The summed E-state index contributed by atoms with van der Waals surface area (Å²) in [5.41, 5.74) is 1.40. The van der Waals surface area contributed by atoms with Crippen molar-refractivity contribution in [2.24, 2.45) is 0 Å². The lowest BCUT2D eigenvalue weighted by Crippen LogP contribution is -2.01. The van der Waals surface area contributed by atoms with E-state index >= 15 is 0 Å². The number of nitrogens with zero attached hydrogens (tertiary/aromatic N) is 1. The Labute approximate surface area is 125 Å². The number of anilines is 1. The second-order valence-corrected chi connectivity index (χ2v) is 5.31. The van der Waals surface area contributed by atoms with Gasteiger partial charge in [-0.1, -0.05) is 6.92 Å². The first-order chi connectivity index (χ1) is 9.51. The van der Waals surface area contributed by atoms with Gasteiger partial charge in [-0.25, -0.2) is 0 Å². The van der Waals surface area contributed by atoms with Gasteiger partial charge in [-0.2, -0.15) is 0 Å². The van der Waals surface area contributed by atoms with Gasteiger partial charge in [0, 0.05) is 22.5 Å². The Morgan fingerprint density at radius 1 is 1.35 bits per heavy atom. The van der Waals surface area contributed by atoms with Gasteiger partial charge >= 0.3 is 0 Å². The van der Waals surface area contributed by atoms with Gasteiger partial charge in [-0.05, 0) is 41.1 Å². The molecule has 0 bridgehead atoms. The molecular formula is C14H15BrN2O3. The van der Waals surface area contributed by atoms with Gasteiger partial charge < -0.3 is 9.73 Å². The Balaban J connectivity index is 2.16. The highest BCUT2D eigenvalue weighted by atomic mass is 79.9. The second kappa shape index (κ2) is 6.09. The van der Waals surface area contributed by atoms with E-state index in [9.17, 15) is 10.1 Å². The SMILES string of the molecule is CCc1ccc(CNc2cc([N+](=O)[O-])c(C)cc2Br)o1. The van der Waals surface area contributed by atoms with Gasteiger partial charge in [-0.3, -0.25) is 10.1 Å². The van der Waals surface area contributed by atoms with Crippen molar-refractivity contribution in [2.75, 3.05) is 5.32 Å². The molecule has 2 rings (SSSR count). The number of halogens is 1. The van der Waals surface area contributed by atoms with Crippen LogP contribution in [-0.2, 0) is 13.0 Å². The number of benzene rings is 1. The Kier molecular flexibility index (Phi) is 4.44. The number of aryl methyl sites for hydroxylation is 2. The van der Waals surface area contributed by atoms with E-state index in [0.717, 1.165) is 22.4 Å². The summed E-state index contributed by atoms with van der Waals surface area (Å²) >= 11 is 3.41. The molecule has 0 radical (unpaired) electrons. The maximum Gasteiger partial charge on any atom is 0.274 e. The summed E-state index contributed by atoms with van der Waals surface area (Å²) in [7, 11) is 0. The zero-order chi connectivity index (χ0) is 14.7. The quantitative estimate of drug-likeness (QED) is 0.646. The topological polar surface area (TPSA) is 68.3 Å². The van der Waals surface area contributed by atoms with Crippen molar-refractivity contribution < 1.29 is 9.34 Å². The molecule has 1 N–H and O–H groups in total. The molecule has 0 aliphatic heterocycles. The third kappa shape index (κ3) is 3.19. The van der Waals surface area contributed by atoms with Crippen molar-refractivity contribution in [3.05, 3.63) is 55.9 Å². The molecule has 2 aromatic rings. The van der Waals surface area contributed by atoms with E-state index in [-0.39, 0.29) is 10.6 Å². The van der Waals surface area contributed by atoms with E-state index in [1.165, 1.54) is 6.07 Å². The van der Waals surface area contributed by atoms with Crippen LogP contribution in [0.2, 0.25) is 0 Å². The summed E-state index contributed by atoms with van der Waals surface area (Å²) in [6, 6.07) is 7.11. The maximum absolute atomic E-state index is 10.9. The Bertz CT molecular complexity index is 637. The van der Waals surface area contributed by atoms with Crippen LogP contribution in [0, 0.1) is 17.0 Å². The lowest BCUT2D eigenvalue weighted by Gasteiger charge is -2.08. The van der Waals surface area contributed by atoms with Crippen molar-refractivity contribution in [1.29, 1.82) is 0 Å². The molecule has 5 nitrogen and oxygen atoms in total. The van der Waals surface area contributed by atoms with Gasteiger partial charge in [-0.15, -0.1) is 0 Å². The first kappa shape index (κ1) is 14.6. The van der Waals surface area contributed by atoms with Crippen molar-refractivity contribution in [2.45, 2.75) is 26.8 Å². The zero-order valence-corrected chi connectivity index (χ0v) is 12.9. The first-order valence-corrected chi connectivity index (χ1v) is 7.06. The smallest absolute Gasteiger partial charge is 0.274 e. The fourth-order valence-electron chi connectivity index (χ4n) is 1.88. The molecule has 6 heteroatoms. The summed E-state index contributed by atoms with van der Waals surface area (Å²) in [6.45, 7) is 4.22. The van der Waals surface area contributed by atoms with Crippen LogP contribution in [0.15, 0.2) is 33.2 Å².